The summed E-state index contributed by atoms with van der Waals surface area (Å²) < 4.78 is 19.1. The van der Waals surface area contributed by atoms with Gasteiger partial charge >= 0.3 is 0 Å². The number of likely N-dealkylation sites (tertiary alicyclic amines) is 1. The number of nitrogens with zero attached hydrogens (tertiary/aromatic N) is 1. The molecule has 1 aromatic carbocycles. The largest absolute Gasteiger partial charge is 0.480 e. The Bertz CT molecular complexity index is 490. The molecule has 0 aromatic heterocycles. The van der Waals surface area contributed by atoms with Crippen molar-refractivity contribution in [2.75, 3.05) is 13.1 Å². The van der Waals surface area contributed by atoms with Crippen LogP contribution >= 0.6 is 15.9 Å². The lowest BCUT2D eigenvalue weighted by Gasteiger charge is -2.32. The van der Waals surface area contributed by atoms with Crippen molar-refractivity contribution >= 4 is 21.8 Å². The molecule has 4 nitrogen and oxygen atoms in total. The third kappa shape index (κ3) is 3.70. The van der Waals surface area contributed by atoms with Gasteiger partial charge in [-0.2, -0.15) is 0 Å². The number of piperidine rings is 1. The predicted octanol–water partition coefficient (Wildman–Crippen LogP) is 2.31. The van der Waals surface area contributed by atoms with Crippen LogP contribution in [-0.4, -0.2) is 36.0 Å². The molecule has 0 aliphatic carbocycles. The van der Waals surface area contributed by atoms with Crippen LogP contribution in [0.2, 0.25) is 0 Å². The molecule has 2 N–H and O–H groups in total. The van der Waals surface area contributed by atoms with Gasteiger partial charge in [0.25, 0.3) is 5.91 Å². The Morgan fingerprint density at radius 3 is 2.75 bits per heavy atom. The smallest absolute Gasteiger partial charge is 0.263 e. The van der Waals surface area contributed by atoms with Crippen LogP contribution in [0.4, 0.5) is 4.39 Å². The highest BCUT2D eigenvalue weighted by atomic mass is 79.9. The monoisotopic (exact) mass is 344 g/mol. The molecule has 6 heteroatoms. The van der Waals surface area contributed by atoms with Gasteiger partial charge in [0.05, 0.1) is 4.47 Å². The maximum atomic E-state index is 13.0. The molecule has 1 fully saturated rings. The first-order chi connectivity index (χ1) is 9.47. The molecule has 1 aliphatic rings. The van der Waals surface area contributed by atoms with E-state index in [1.807, 2.05) is 0 Å². The zero-order chi connectivity index (χ0) is 14.7. The first kappa shape index (κ1) is 15.3. The molecule has 0 radical (unpaired) electrons. The van der Waals surface area contributed by atoms with Crippen molar-refractivity contribution in [1.29, 1.82) is 0 Å². The van der Waals surface area contributed by atoms with E-state index in [4.69, 9.17) is 10.5 Å². The Kier molecular flexibility index (Phi) is 4.99. The lowest BCUT2D eigenvalue weighted by Crippen LogP contribution is -2.47. The summed E-state index contributed by atoms with van der Waals surface area (Å²) in [5, 5.41) is 0. The molecule has 1 amide bonds. The van der Waals surface area contributed by atoms with Crippen LogP contribution in [0, 0.1) is 5.82 Å². The number of benzene rings is 1. The zero-order valence-corrected chi connectivity index (χ0v) is 12.9. The summed E-state index contributed by atoms with van der Waals surface area (Å²) in [5.41, 5.74) is 5.82. The van der Waals surface area contributed by atoms with Gasteiger partial charge in [0.2, 0.25) is 0 Å². The maximum absolute atomic E-state index is 13.0. The van der Waals surface area contributed by atoms with Gasteiger partial charge in [0.1, 0.15) is 11.6 Å². The molecule has 0 bridgehead atoms. The SMILES string of the molecule is C[C@H](Oc1ccc(F)cc1Br)C(=O)N1CCC(N)CC1. The molecule has 1 atom stereocenters. The zero-order valence-electron chi connectivity index (χ0n) is 11.3. The van der Waals surface area contributed by atoms with Crippen molar-refractivity contribution in [3.05, 3.63) is 28.5 Å². The van der Waals surface area contributed by atoms with Crippen molar-refractivity contribution in [2.45, 2.75) is 31.9 Å². The Balaban J connectivity index is 1.97. The number of hydrogen-bond donors (Lipinski definition) is 1. The highest BCUT2D eigenvalue weighted by molar-refractivity contribution is 9.10. The lowest BCUT2D eigenvalue weighted by atomic mass is 10.1. The topological polar surface area (TPSA) is 55.6 Å². The molecular weight excluding hydrogens is 327 g/mol. The van der Waals surface area contributed by atoms with Gasteiger partial charge in [0, 0.05) is 19.1 Å². The summed E-state index contributed by atoms with van der Waals surface area (Å²) in [5.74, 6) is 0.0438. The number of rotatable bonds is 3. The third-order valence-corrected chi connectivity index (χ3v) is 4.02. The summed E-state index contributed by atoms with van der Waals surface area (Å²) in [4.78, 5) is 14.0. The molecule has 1 aromatic rings. The Labute approximate surface area is 126 Å². The van der Waals surface area contributed by atoms with Crippen molar-refractivity contribution in [3.63, 3.8) is 0 Å². The molecule has 0 unspecified atom stereocenters. The van der Waals surface area contributed by atoms with E-state index in [2.05, 4.69) is 15.9 Å². The second-order valence-electron chi connectivity index (χ2n) is 5.00. The average molecular weight is 345 g/mol. The summed E-state index contributed by atoms with van der Waals surface area (Å²) in [6.45, 7) is 3.03. The van der Waals surface area contributed by atoms with Crippen molar-refractivity contribution in [1.82, 2.24) is 4.90 Å². The van der Waals surface area contributed by atoms with Crippen molar-refractivity contribution < 1.29 is 13.9 Å². The predicted molar refractivity (Wildman–Crippen MR) is 78.0 cm³/mol. The lowest BCUT2D eigenvalue weighted by molar-refractivity contribution is -0.139. The average Bonchev–Trinajstić information content (AvgIpc) is 2.42. The minimum absolute atomic E-state index is 0.0619. The number of carbonyl (C=O) groups is 1. The number of amides is 1. The Hall–Kier alpha value is -1.14. The van der Waals surface area contributed by atoms with Crippen LogP contribution in [0.15, 0.2) is 22.7 Å². The molecule has 20 heavy (non-hydrogen) atoms. The highest BCUT2D eigenvalue weighted by Gasteiger charge is 2.26. The van der Waals surface area contributed by atoms with Gasteiger partial charge in [-0.3, -0.25) is 4.79 Å². The number of halogens is 2. The third-order valence-electron chi connectivity index (χ3n) is 3.40. The van der Waals surface area contributed by atoms with Crippen LogP contribution in [0.1, 0.15) is 19.8 Å². The van der Waals surface area contributed by atoms with E-state index >= 15 is 0 Å². The van der Waals surface area contributed by atoms with Gasteiger partial charge in [-0.25, -0.2) is 4.39 Å². The minimum atomic E-state index is -0.605. The normalized spacial score (nSPS) is 17.9. The molecule has 1 aliphatic heterocycles. The number of ether oxygens (including phenoxy) is 1. The van der Waals surface area contributed by atoms with Crippen LogP contribution in [0.25, 0.3) is 0 Å². The van der Waals surface area contributed by atoms with E-state index in [9.17, 15) is 9.18 Å². The Morgan fingerprint density at radius 1 is 1.50 bits per heavy atom. The number of hydrogen-bond acceptors (Lipinski definition) is 3. The first-order valence-corrected chi connectivity index (χ1v) is 7.42. The maximum Gasteiger partial charge on any atom is 0.263 e. The van der Waals surface area contributed by atoms with Gasteiger partial charge in [-0.05, 0) is 53.9 Å². The minimum Gasteiger partial charge on any atom is -0.480 e. The fraction of sp³-hybridized carbons (Fsp3) is 0.500. The fourth-order valence-electron chi connectivity index (χ4n) is 2.19. The molecule has 0 spiro atoms. The van der Waals surface area contributed by atoms with E-state index in [0.717, 1.165) is 12.8 Å². The van der Waals surface area contributed by atoms with Crippen molar-refractivity contribution in [2.24, 2.45) is 5.73 Å². The molecule has 1 saturated heterocycles. The second-order valence-corrected chi connectivity index (χ2v) is 5.85. The van der Waals surface area contributed by atoms with E-state index in [1.165, 1.54) is 18.2 Å². The Morgan fingerprint density at radius 2 is 2.15 bits per heavy atom. The molecule has 2 rings (SSSR count). The second kappa shape index (κ2) is 6.54. The molecule has 0 saturated carbocycles. The summed E-state index contributed by atoms with van der Waals surface area (Å²) >= 11 is 3.22. The van der Waals surface area contributed by atoms with Crippen molar-refractivity contribution in [3.8, 4) is 5.75 Å². The van der Waals surface area contributed by atoms with E-state index in [1.54, 1.807) is 11.8 Å². The van der Waals surface area contributed by atoms with Crippen LogP contribution < -0.4 is 10.5 Å². The standard InChI is InChI=1S/C14H18BrFN2O2/c1-9(14(19)18-6-4-11(17)5-7-18)20-13-3-2-10(16)8-12(13)15/h2-3,8-9,11H,4-7,17H2,1H3/t9-/m0/s1. The highest BCUT2D eigenvalue weighted by Crippen LogP contribution is 2.26. The first-order valence-electron chi connectivity index (χ1n) is 6.63. The van der Waals surface area contributed by atoms with Gasteiger partial charge in [0.15, 0.2) is 6.10 Å². The van der Waals surface area contributed by atoms with E-state index in [0.29, 0.717) is 23.3 Å². The quantitative estimate of drug-likeness (QED) is 0.915. The van der Waals surface area contributed by atoms with Gasteiger partial charge < -0.3 is 15.4 Å². The number of carbonyl (C=O) groups excluding carboxylic acids is 1. The molecule has 1 heterocycles. The molecule has 110 valence electrons. The summed E-state index contributed by atoms with van der Waals surface area (Å²) in [7, 11) is 0. The van der Waals surface area contributed by atoms with Crippen LogP contribution in [0.5, 0.6) is 5.75 Å². The van der Waals surface area contributed by atoms with Gasteiger partial charge in [-0.1, -0.05) is 0 Å². The summed E-state index contributed by atoms with van der Waals surface area (Å²) in [6.07, 6.45) is 1.03. The van der Waals surface area contributed by atoms with Gasteiger partial charge in [-0.15, -0.1) is 0 Å². The number of nitrogens with two attached hydrogens (primary N) is 1. The molecular formula is C14H18BrFN2O2. The van der Waals surface area contributed by atoms with E-state index < -0.39 is 6.10 Å². The van der Waals surface area contributed by atoms with Crippen LogP contribution in [-0.2, 0) is 4.79 Å². The van der Waals surface area contributed by atoms with Crippen LogP contribution in [0.3, 0.4) is 0 Å². The van der Waals surface area contributed by atoms with E-state index in [-0.39, 0.29) is 17.8 Å². The fourth-order valence-corrected chi connectivity index (χ4v) is 2.63. The summed E-state index contributed by atoms with van der Waals surface area (Å²) in [6, 6.07) is 4.31.